The van der Waals surface area contributed by atoms with Crippen molar-refractivity contribution in [3.8, 4) is 0 Å². The third-order valence-electron chi connectivity index (χ3n) is 0. The van der Waals surface area contributed by atoms with Gasteiger partial charge in [-0.2, -0.15) is 0 Å². The Bertz CT molecular complexity index is 6.00. The minimum absolute atomic E-state index is 0. The molecular formula is H6BaO2Pb. The molecule has 0 spiro atoms. The van der Waals surface area contributed by atoms with Crippen molar-refractivity contribution >= 4 is 76.2 Å². The van der Waals surface area contributed by atoms with Gasteiger partial charge in [0.1, 0.15) is 0 Å². The second kappa shape index (κ2) is 18.1. The Hall–Kier alpha value is 2.41. The zero-order valence-corrected chi connectivity index (χ0v) is 6.04. The summed E-state index contributed by atoms with van der Waals surface area (Å²) in [5, 5.41) is 0. The molecule has 0 aliphatic carbocycles. The summed E-state index contributed by atoms with van der Waals surface area (Å²) in [7, 11) is 0. The van der Waals surface area contributed by atoms with Gasteiger partial charge < -0.3 is 11.0 Å². The van der Waals surface area contributed by atoms with Crippen molar-refractivity contribution in [2.24, 2.45) is 0 Å². The monoisotopic (exact) mass is 384 g/mol. The molecule has 0 aromatic rings. The first-order valence-corrected chi connectivity index (χ1v) is 0. The summed E-state index contributed by atoms with van der Waals surface area (Å²) in [6, 6.07) is 0. The van der Waals surface area contributed by atoms with Crippen molar-refractivity contribution in [1.29, 1.82) is 0 Å². The van der Waals surface area contributed by atoms with Gasteiger partial charge in [0.25, 0.3) is 0 Å². The Balaban J connectivity index is 0. The number of rotatable bonds is 0. The van der Waals surface area contributed by atoms with Gasteiger partial charge in [-0.05, 0) is 0 Å². The molecule has 0 unspecified atom stereocenters. The van der Waals surface area contributed by atoms with Crippen molar-refractivity contribution in [1.82, 2.24) is 0 Å². The Morgan fingerprint density at radius 1 is 0.750 bits per heavy atom. The predicted molar refractivity (Wildman–Crippen MR) is 21.0 cm³/mol. The molecule has 0 aromatic heterocycles. The van der Waals surface area contributed by atoms with Crippen molar-refractivity contribution in [3.63, 3.8) is 0 Å². The Kier molecular flexibility index (Phi) is 146. The summed E-state index contributed by atoms with van der Waals surface area (Å²) in [6.07, 6.45) is 0. The van der Waals surface area contributed by atoms with Crippen LogP contribution in [0.5, 0.6) is 0 Å². The van der Waals surface area contributed by atoms with Crippen LogP contribution in [0, 0.1) is 0 Å². The van der Waals surface area contributed by atoms with Crippen LogP contribution in [-0.2, 0) is 0 Å². The predicted octanol–water partition coefficient (Wildman–Crippen LogP) is -2.19. The van der Waals surface area contributed by atoms with Gasteiger partial charge in [-0.15, -0.1) is 0 Å². The van der Waals surface area contributed by atoms with E-state index in [1.165, 1.54) is 0 Å². The van der Waals surface area contributed by atoms with E-state index in [1.54, 1.807) is 0 Å². The van der Waals surface area contributed by atoms with Crippen molar-refractivity contribution in [2.75, 3.05) is 0 Å². The van der Waals surface area contributed by atoms with E-state index in [1.807, 2.05) is 0 Å². The maximum atomic E-state index is 0. The van der Waals surface area contributed by atoms with E-state index in [2.05, 4.69) is 0 Å². The average molecular weight is 383 g/mol. The van der Waals surface area contributed by atoms with Crippen LogP contribution < -0.4 is 0 Å². The molecule has 0 saturated heterocycles. The molecule has 0 aliphatic heterocycles. The van der Waals surface area contributed by atoms with Gasteiger partial charge in [-0.3, -0.25) is 0 Å². The molecule has 0 heterocycles. The summed E-state index contributed by atoms with van der Waals surface area (Å²) < 4.78 is 0. The van der Waals surface area contributed by atoms with Crippen LogP contribution in [0.4, 0.5) is 0 Å². The van der Waals surface area contributed by atoms with E-state index in [0.29, 0.717) is 0 Å². The molecule has 0 aromatic carbocycles. The normalized spacial score (nSPS) is 0. The number of hydrogen-bond acceptors (Lipinski definition) is 2. The van der Waals surface area contributed by atoms with Gasteiger partial charge in [0, 0.05) is 0 Å². The molecular weight excluding hydrogens is 377 g/mol. The second-order valence-electron chi connectivity index (χ2n) is 0. The minimum atomic E-state index is 0. The quantitative estimate of drug-likeness (QED) is 0.447. The topological polar surface area (TPSA) is 60.0 Å². The van der Waals surface area contributed by atoms with Gasteiger partial charge >= 0.3 is 76.2 Å². The molecule has 0 bridgehead atoms. The van der Waals surface area contributed by atoms with E-state index in [4.69, 9.17) is 0 Å². The Morgan fingerprint density at radius 3 is 0.750 bits per heavy atom. The fraction of sp³-hybridized carbons (Fsp3) is 0. The van der Waals surface area contributed by atoms with Crippen LogP contribution in [0.2, 0.25) is 0 Å². The molecule has 0 amide bonds. The maximum absolute atomic E-state index is 0. The first kappa shape index (κ1) is 32.3. The second-order valence-corrected chi connectivity index (χ2v) is 0. The van der Waals surface area contributed by atoms with Crippen LogP contribution in [0.1, 0.15) is 0 Å². The van der Waals surface area contributed by atoms with Gasteiger partial charge in [0.2, 0.25) is 0 Å². The van der Waals surface area contributed by atoms with Gasteiger partial charge in [0.15, 0.2) is 0 Å². The molecule has 0 fully saturated rings. The van der Waals surface area contributed by atoms with Crippen LogP contribution in [0.15, 0.2) is 0 Å². The summed E-state index contributed by atoms with van der Waals surface area (Å²) in [6.45, 7) is 0. The molecule has 0 atom stereocenters. The van der Waals surface area contributed by atoms with E-state index < -0.39 is 0 Å². The third-order valence-corrected chi connectivity index (χ3v) is 0. The number of hydrogen-bond donors (Lipinski definition) is 0. The van der Waals surface area contributed by atoms with Crippen molar-refractivity contribution in [3.05, 3.63) is 0 Å². The molecule has 2 N–H and O–H groups in total. The molecule has 4 heteroatoms. The Labute approximate surface area is 85.2 Å². The van der Waals surface area contributed by atoms with Crippen LogP contribution in [0.3, 0.4) is 0 Å². The fourth-order valence-corrected chi connectivity index (χ4v) is 0. The van der Waals surface area contributed by atoms with Crippen LogP contribution >= 0.6 is 0 Å². The summed E-state index contributed by atoms with van der Waals surface area (Å²) in [5.41, 5.74) is 0. The molecule has 24 valence electrons. The van der Waals surface area contributed by atoms with Crippen molar-refractivity contribution < 1.29 is 11.0 Å². The average Bonchev–Trinajstić information content (AvgIpc) is 0. The fourth-order valence-electron chi connectivity index (χ4n) is 0. The first-order valence-electron chi connectivity index (χ1n) is 0. The molecule has 0 aliphatic rings. The Morgan fingerprint density at radius 2 is 0.750 bits per heavy atom. The molecule has 2 nitrogen and oxygen atoms in total. The SMILES string of the molecule is [Ba+2].[OH-].[OH-].[PbH4]. The first-order chi connectivity index (χ1) is 0. The molecule has 0 saturated carbocycles. The molecule has 0 radical (unpaired) electrons. The van der Waals surface area contributed by atoms with E-state index in [0.717, 1.165) is 0 Å². The van der Waals surface area contributed by atoms with Gasteiger partial charge in [-0.1, -0.05) is 0 Å². The summed E-state index contributed by atoms with van der Waals surface area (Å²) in [5.74, 6) is 0. The standard InChI is InChI=1S/Ba.2H2O.Pb.4H/h;2*1H2;;;;;/q+2;;;;;;;/p-2. The van der Waals surface area contributed by atoms with Gasteiger partial charge in [0.05, 0.1) is 0 Å². The van der Waals surface area contributed by atoms with E-state index in [-0.39, 0.29) is 87.1 Å². The molecule has 0 rings (SSSR count). The van der Waals surface area contributed by atoms with Gasteiger partial charge in [-0.25, -0.2) is 0 Å². The third kappa shape index (κ3) is 8.83. The van der Waals surface area contributed by atoms with Crippen LogP contribution in [0.25, 0.3) is 0 Å². The molecule has 4 heavy (non-hydrogen) atoms. The van der Waals surface area contributed by atoms with E-state index in [9.17, 15) is 0 Å². The zero-order valence-electron chi connectivity index (χ0n) is 1.60. The van der Waals surface area contributed by atoms with Crippen molar-refractivity contribution in [2.45, 2.75) is 0 Å². The van der Waals surface area contributed by atoms with E-state index >= 15 is 0 Å². The summed E-state index contributed by atoms with van der Waals surface area (Å²) in [4.78, 5) is 0. The summed E-state index contributed by atoms with van der Waals surface area (Å²) >= 11 is 0. The zero-order chi connectivity index (χ0) is 0. The van der Waals surface area contributed by atoms with Crippen LogP contribution in [-0.4, -0.2) is 87.1 Å².